The molecule has 0 radical (unpaired) electrons. The van der Waals surface area contributed by atoms with Crippen molar-refractivity contribution in [1.82, 2.24) is 20.9 Å². The first-order valence-electron chi connectivity index (χ1n) is 9.76. The first-order valence-corrected chi connectivity index (χ1v) is 9.76. The molecule has 29 heavy (non-hydrogen) atoms. The summed E-state index contributed by atoms with van der Waals surface area (Å²) < 4.78 is 26.9. The molecule has 9 heteroatoms. The van der Waals surface area contributed by atoms with E-state index in [1.165, 1.54) is 4.90 Å². The zero-order valence-corrected chi connectivity index (χ0v) is 16.2. The highest BCUT2D eigenvalue weighted by atomic mass is 19.3. The molecule has 3 heterocycles. The van der Waals surface area contributed by atoms with Crippen molar-refractivity contribution >= 4 is 17.7 Å². The Kier molecular flexibility index (Phi) is 4.90. The monoisotopic (exact) mass is 406 g/mol. The summed E-state index contributed by atoms with van der Waals surface area (Å²) in [7, 11) is 0. The molecular formula is C20H24F2N4O3. The molecule has 0 aromatic heterocycles. The molecule has 0 spiro atoms. The van der Waals surface area contributed by atoms with E-state index in [0.717, 1.165) is 11.1 Å². The molecule has 3 aliphatic heterocycles. The van der Waals surface area contributed by atoms with Crippen LogP contribution in [0.25, 0.3) is 0 Å². The van der Waals surface area contributed by atoms with Gasteiger partial charge in [0.15, 0.2) is 0 Å². The third-order valence-electron chi connectivity index (χ3n) is 5.86. The first-order chi connectivity index (χ1) is 13.7. The molecule has 2 atom stereocenters. The van der Waals surface area contributed by atoms with Crippen LogP contribution in [-0.4, -0.2) is 53.2 Å². The van der Waals surface area contributed by atoms with Gasteiger partial charge in [-0.15, -0.1) is 0 Å². The number of carbonyl (C=O) groups is 3. The van der Waals surface area contributed by atoms with E-state index in [0.29, 0.717) is 31.6 Å². The van der Waals surface area contributed by atoms with Crippen LogP contribution in [0.4, 0.5) is 8.78 Å². The summed E-state index contributed by atoms with van der Waals surface area (Å²) in [6.07, 6.45) is 0.336. The number of nitrogens with one attached hydrogen (secondary N) is 3. The van der Waals surface area contributed by atoms with E-state index in [-0.39, 0.29) is 31.2 Å². The van der Waals surface area contributed by atoms with Crippen LogP contribution in [0.15, 0.2) is 18.2 Å². The van der Waals surface area contributed by atoms with Gasteiger partial charge in [-0.1, -0.05) is 12.1 Å². The van der Waals surface area contributed by atoms with Crippen molar-refractivity contribution in [2.75, 3.05) is 13.1 Å². The average Bonchev–Trinajstić information content (AvgIpc) is 3.11. The van der Waals surface area contributed by atoms with Crippen molar-refractivity contribution in [3.63, 3.8) is 0 Å². The second-order valence-corrected chi connectivity index (χ2v) is 8.44. The zero-order chi connectivity index (χ0) is 20.8. The van der Waals surface area contributed by atoms with Gasteiger partial charge < -0.3 is 15.5 Å². The average molecular weight is 406 g/mol. The Bertz CT molecular complexity index is 875. The fraction of sp³-hybridized carbons (Fsp3) is 0.550. The van der Waals surface area contributed by atoms with E-state index >= 15 is 0 Å². The van der Waals surface area contributed by atoms with Crippen molar-refractivity contribution in [3.8, 4) is 0 Å². The summed E-state index contributed by atoms with van der Waals surface area (Å²) in [5, 5.41) is 8.35. The number of hydrogen-bond donors (Lipinski definition) is 3. The molecule has 0 saturated carbocycles. The molecule has 2 fully saturated rings. The van der Waals surface area contributed by atoms with Gasteiger partial charge in [-0.3, -0.25) is 19.7 Å². The van der Waals surface area contributed by atoms with Gasteiger partial charge in [-0.05, 0) is 30.5 Å². The Labute approximate surface area is 167 Å². The van der Waals surface area contributed by atoms with Gasteiger partial charge in [-0.25, -0.2) is 8.78 Å². The molecule has 2 unspecified atom stereocenters. The van der Waals surface area contributed by atoms with Crippen molar-refractivity contribution in [1.29, 1.82) is 0 Å². The summed E-state index contributed by atoms with van der Waals surface area (Å²) in [5.74, 6) is -3.65. The van der Waals surface area contributed by atoms with E-state index in [1.54, 1.807) is 13.0 Å². The van der Waals surface area contributed by atoms with Crippen LogP contribution in [-0.2, 0) is 22.7 Å². The summed E-state index contributed by atoms with van der Waals surface area (Å²) in [5.41, 5.74) is 1.59. The fourth-order valence-electron chi connectivity index (χ4n) is 4.36. The Morgan fingerprint density at radius 1 is 1.28 bits per heavy atom. The highest BCUT2D eigenvalue weighted by molar-refractivity contribution is 6.05. The maximum Gasteiger partial charge on any atom is 0.262 e. The summed E-state index contributed by atoms with van der Waals surface area (Å²) >= 11 is 0. The number of carbonyl (C=O) groups excluding carboxylic acids is 3. The van der Waals surface area contributed by atoms with Gasteiger partial charge in [0.25, 0.3) is 11.8 Å². The number of benzene rings is 1. The number of fused-ring (bicyclic) bond motifs is 1. The number of halogens is 2. The number of imide groups is 1. The number of alkyl halides is 2. The largest absolute Gasteiger partial charge is 0.322 e. The van der Waals surface area contributed by atoms with E-state index in [4.69, 9.17) is 0 Å². The Morgan fingerprint density at radius 2 is 2.07 bits per heavy atom. The molecule has 3 amide bonds. The van der Waals surface area contributed by atoms with Crippen LogP contribution < -0.4 is 16.0 Å². The summed E-state index contributed by atoms with van der Waals surface area (Å²) in [4.78, 5) is 37.8. The SMILES string of the molecule is CC1(CNCc2ccc3c(c2)C(=O)N(C2CCC(=O)NC2=O)C3)CC(F)(F)CN1. The van der Waals surface area contributed by atoms with Gasteiger partial charge in [0.1, 0.15) is 6.04 Å². The van der Waals surface area contributed by atoms with Crippen LogP contribution >= 0.6 is 0 Å². The molecule has 4 rings (SSSR count). The van der Waals surface area contributed by atoms with Crippen LogP contribution in [0.5, 0.6) is 0 Å². The second-order valence-electron chi connectivity index (χ2n) is 8.44. The minimum atomic E-state index is -2.68. The third kappa shape index (κ3) is 4.02. The first kappa shape index (κ1) is 19.9. The van der Waals surface area contributed by atoms with Crippen molar-refractivity contribution < 1.29 is 23.2 Å². The minimum absolute atomic E-state index is 0.212. The van der Waals surface area contributed by atoms with Crippen LogP contribution in [0.3, 0.4) is 0 Å². The second kappa shape index (κ2) is 7.14. The lowest BCUT2D eigenvalue weighted by atomic mass is 9.99. The fourth-order valence-corrected chi connectivity index (χ4v) is 4.36. The molecule has 1 aromatic rings. The molecular weight excluding hydrogens is 382 g/mol. The number of nitrogens with zero attached hydrogens (tertiary/aromatic N) is 1. The van der Waals surface area contributed by atoms with E-state index < -0.39 is 23.4 Å². The van der Waals surface area contributed by atoms with Crippen molar-refractivity contribution in [2.24, 2.45) is 0 Å². The maximum atomic E-state index is 13.4. The lowest BCUT2D eigenvalue weighted by molar-refractivity contribution is -0.136. The van der Waals surface area contributed by atoms with Gasteiger partial charge in [-0.2, -0.15) is 0 Å². The standard InChI is InChI=1S/C20H24F2N4O3/c1-19(9-20(21,22)11-24-19)10-23-7-12-2-3-13-8-26(18(29)14(13)6-12)15-4-5-16(27)25-17(15)28/h2-3,6,15,23-24H,4-5,7-11H2,1H3,(H,25,27,28). The number of piperidine rings is 1. The number of amides is 3. The Hall–Kier alpha value is -2.39. The van der Waals surface area contributed by atoms with Gasteiger partial charge in [0.05, 0.1) is 6.54 Å². The highest BCUT2D eigenvalue weighted by Gasteiger charge is 2.46. The van der Waals surface area contributed by atoms with Crippen LogP contribution in [0.1, 0.15) is 47.7 Å². The molecule has 7 nitrogen and oxygen atoms in total. The van der Waals surface area contributed by atoms with Gasteiger partial charge in [0, 0.05) is 43.6 Å². The van der Waals surface area contributed by atoms with Crippen LogP contribution in [0, 0.1) is 0 Å². The zero-order valence-electron chi connectivity index (χ0n) is 16.2. The molecule has 1 aromatic carbocycles. The van der Waals surface area contributed by atoms with E-state index in [1.807, 2.05) is 12.1 Å². The lowest BCUT2D eigenvalue weighted by Gasteiger charge is -2.29. The molecule has 3 aliphatic rings. The molecule has 2 saturated heterocycles. The Balaban J connectivity index is 1.38. The van der Waals surface area contributed by atoms with E-state index in [2.05, 4.69) is 16.0 Å². The van der Waals surface area contributed by atoms with Crippen molar-refractivity contribution in [2.45, 2.75) is 56.8 Å². The van der Waals surface area contributed by atoms with Gasteiger partial charge >= 0.3 is 0 Å². The predicted molar refractivity (Wildman–Crippen MR) is 100 cm³/mol. The highest BCUT2D eigenvalue weighted by Crippen LogP contribution is 2.32. The Morgan fingerprint density at radius 3 is 2.76 bits per heavy atom. The van der Waals surface area contributed by atoms with Crippen LogP contribution in [0.2, 0.25) is 0 Å². The predicted octanol–water partition coefficient (Wildman–Crippen LogP) is 0.924. The van der Waals surface area contributed by atoms with E-state index in [9.17, 15) is 23.2 Å². The smallest absolute Gasteiger partial charge is 0.262 e. The normalized spacial score (nSPS) is 28.6. The molecule has 3 N–H and O–H groups in total. The van der Waals surface area contributed by atoms with Crippen molar-refractivity contribution in [3.05, 3.63) is 34.9 Å². The number of rotatable bonds is 5. The maximum absolute atomic E-state index is 13.4. The third-order valence-corrected chi connectivity index (χ3v) is 5.86. The lowest BCUT2D eigenvalue weighted by Crippen LogP contribution is -2.52. The summed E-state index contributed by atoms with van der Waals surface area (Å²) in [6.45, 7) is 2.63. The quantitative estimate of drug-likeness (QED) is 0.633. The number of hydrogen-bond acceptors (Lipinski definition) is 5. The van der Waals surface area contributed by atoms with Gasteiger partial charge in [0.2, 0.25) is 11.8 Å². The molecule has 0 bridgehead atoms. The summed E-state index contributed by atoms with van der Waals surface area (Å²) in [6, 6.07) is 4.91. The minimum Gasteiger partial charge on any atom is -0.322 e. The molecule has 0 aliphatic carbocycles. The molecule has 156 valence electrons. The topological polar surface area (TPSA) is 90.5 Å².